The van der Waals surface area contributed by atoms with Crippen molar-refractivity contribution < 1.29 is 36.0 Å². The first-order chi connectivity index (χ1) is 16.9. The van der Waals surface area contributed by atoms with E-state index in [0.717, 1.165) is 12.4 Å². The lowest BCUT2D eigenvalue weighted by Crippen LogP contribution is -2.49. The van der Waals surface area contributed by atoms with E-state index in [9.17, 15) is 35.9 Å². The number of piperazine rings is 1. The van der Waals surface area contributed by atoms with Gasteiger partial charge in [-0.25, -0.2) is 15.1 Å². The Labute approximate surface area is 199 Å². The predicted molar refractivity (Wildman–Crippen MR) is 113 cm³/mol. The Morgan fingerprint density at radius 3 is 2.36 bits per heavy atom. The van der Waals surface area contributed by atoms with Crippen LogP contribution in [0.2, 0.25) is 0 Å². The standard InChI is InChI=1S/C19H20F6N8O3/c1-11(30-13-8-28-31-16(35)15(13)19(23,24)25)10-36-29-9-14(34)32-2-4-33(5-3-32)17-26-6-12(7-27-17)18(20,21)22/h6-9,11H,2-5,10H2,1H3,(H2,30,31,35)/b29-9+. The number of carbonyl (C=O) groups excluding carboxylic acids is 1. The fourth-order valence-corrected chi connectivity index (χ4v) is 3.17. The summed E-state index contributed by atoms with van der Waals surface area (Å²) in [6.45, 7) is 2.25. The van der Waals surface area contributed by atoms with Gasteiger partial charge in [-0.15, -0.1) is 0 Å². The maximum Gasteiger partial charge on any atom is 0.423 e. The van der Waals surface area contributed by atoms with E-state index in [-0.39, 0.29) is 38.7 Å². The summed E-state index contributed by atoms with van der Waals surface area (Å²) in [6, 6.07) is -0.728. The first-order valence-electron chi connectivity index (χ1n) is 10.4. The number of aromatic amines is 1. The Morgan fingerprint density at radius 1 is 1.14 bits per heavy atom. The van der Waals surface area contributed by atoms with Crippen LogP contribution < -0.4 is 15.8 Å². The molecule has 1 atom stereocenters. The molecule has 1 aliphatic heterocycles. The zero-order valence-electron chi connectivity index (χ0n) is 18.6. The maximum absolute atomic E-state index is 13.1. The minimum absolute atomic E-state index is 0.109. The van der Waals surface area contributed by atoms with Crippen molar-refractivity contribution in [1.29, 1.82) is 0 Å². The topological polar surface area (TPSA) is 129 Å². The summed E-state index contributed by atoms with van der Waals surface area (Å²) >= 11 is 0. The highest BCUT2D eigenvalue weighted by atomic mass is 19.4. The molecule has 0 saturated carbocycles. The van der Waals surface area contributed by atoms with Crippen molar-refractivity contribution >= 4 is 23.8 Å². The van der Waals surface area contributed by atoms with Crippen LogP contribution in [0.1, 0.15) is 18.1 Å². The van der Waals surface area contributed by atoms with E-state index in [1.165, 1.54) is 11.8 Å². The molecule has 1 fully saturated rings. The first kappa shape index (κ1) is 26.7. The SMILES string of the molecule is CC(CO/N=C/C(=O)N1CCN(c2ncc(C(F)(F)F)cn2)CC1)Nc1cn[nH]c(=O)c1C(F)(F)F. The molecule has 36 heavy (non-hydrogen) atoms. The van der Waals surface area contributed by atoms with Crippen molar-refractivity contribution in [3.63, 3.8) is 0 Å². The van der Waals surface area contributed by atoms with Crippen molar-refractivity contribution in [2.45, 2.75) is 25.3 Å². The summed E-state index contributed by atoms with van der Waals surface area (Å²) in [5, 5.41) is 11.1. The van der Waals surface area contributed by atoms with Gasteiger partial charge in [0.15, 0.2) is 0 Å². The fourth-order valence-electron chi connectivity index (χ4n) is 3.17. The van der Waals surface area contributed by atoms with Crippen LogP contribution in [0.25, 0.3) is 0 Å². The van der Waals surface area contributed by atoms with Gasteiger partial charge in [0.2, 0.25) is 5.95 Å². The average molecular weight is 522 g/mol. The number of rotatable bonds is 7. The summed E-state index contributed by atoms with van der Waals surface area (Å²) < 4.78 is 77.1. The summed E-state index contributed by atoms with van der Waals surface area (Å²) in [5.74, 6) is -0.389. The Hall–Kier alpha value is -3.92. The molecular weight excluding hydrogens is 502 g/mol. The molecule has 3 heterocycles. The first-order valence-corrected chi connectivity index (χ1v) is 10.4. The number of hydrogen-bond donors (Lipinski definition) is 2. The highest BCUT2D eigenvalue weighted by Gasteiger charge is 2.37. The highest BCUT2D eigenvalue weighted by Crippen LogP contribution is 2.31. The van der Waals surface area contributed by atoms with Crippen LogP contribution in [-0.4, -0.2) is 76.0 Å². The second-order valence-corrected chi connectivity index (χ2v) is 7.64. The number of halogens is 6. The molecule has 0 aromatic carbocycles. The third kappa shape index (κ3) is 6.82. The number of H-pyrrole nitrogens is 1. The average Bonchev–Trinajstić information content (AvgIpc) is 2.80. The molecule has 0 radical (unpaired) electrons. The van der Waals surface area contributed by atoms with Gasteiger partial charge in [-0.2, -0.15) is 31.4 Å². The second-order valence-electron chi connectivity index (χ2n) is 7.64. The largest absolute Gasteiger partial charge is 0.423 e. The van der Waals surface area contributed by atoms with Gasteiger partial charge >= 0.3 is 12.4 Å². The fraction of sp³-hybridized carbons (Fsp3) is 0.474. The lowest BCUT2D eigenvalue weighted by Gasteiger charge is -2.34. The van der Waals surface area contributed by atoms with Crippen LogP contribution in [0, 0.1) is 0 Å². The van der Waals surface area contributed by atoms with E-state index in [1.54, 1.807) is 10.00 Å². The number of anilines is 2. The molecule has 1 saturated heterocycles. The number of carbonyl (C=O) groups is 1. The minimum atomic E-state index is -4.90. The van der Waals surface area contributed by atoms with Gasteiger partial charge in [0, 0.05) is 38.6 Å². The lowest BCUT2D eigenvalue weighted by molar-refractivity contribution is -0.139. The Morgan fingerprint density at radius 2 is 1.78 bits per heavy atom. The van der Waals surface area contributed by atoms with Crippen LogP contribution in [0.15, 0.2) is 28.5 Å². The van der Waals surface area contributed by atoms with Crippen molar-refractivity contribution in [3.05, 3.63) is 40.1 Å². The normalized spacial score (nSPS) is 15.8. The molecule has 0 aliphatic carbocycles. The Bertz CT molecular complexity index is 1130. The Kier molecular flexibility index (Phi) is 7.99. The molecule has 1 unspecified atom stereocenters. The van der Waals surface area contributed by atoms with E-state index >= 15 is 0 Å². The van der Waals surface area contributed by atoms with Crippen LogP contribution in [0.5, 0.6) is 0 Å². The van der Waals surface area contributed by atoms with E-state index < -0.39 is 46.7 Å². The molecule has 196 valence electrons. The van der Waals surface area contributed by atoms with Crippen LogP contribution in [-0.2, 0) is 22.0 Å². The third-order valence-electron chi connectivity index (χ3n) is 4.94. The highest BCUT2D eigenvalue weighted by molar-refractivity contribution is 6.26. The smallest absolute Gasteiger partial charge is 0.393 e. The summed E-state index contributed by atoms with van der Waals surface area (Å²) in [4.78, 5) is 39.2. The summed E-state index contributed by atoms with van der Waals surface area (Å²) in [6.07, 6.45) is -6.34. The van der Waals surface area contributed by atoms with Gasteiger partial charge in [0.25, 0.3) is 11.5 Å². The van der Waals surface area contributed by atoms with E-state index in [4.69, 9.17) is 4.84 Å². The summed E-state index contributed by atoms with van der Waals surface area (Å²) in [7, 11) is 0. The molecule has 2 aromatic rings. The monoisotopic (exact) mass is 522 g/mol. The van der Waals surface area contributed by atoms with Gasteiger partial charge < -0.3 is 20.0 Å². The van der Waals surface area contributed by atoms with Crippen molar-refractivity contribution in [2.24, 2.45) is 5.16 Å². The molecule has 2 aromatic heterocycles. The number of nitrogens with one attached hydrogen (secondary N) is 2. The van der Waals surface area contributed by atoms with Gasteiger partial charge in [-0.1, -0.05) is 5.16 Å². The van der Waals surface area contributed by atoms with Crippen molar-refractivity contribution in [3.8, 4) is 0 Å². The number of hydrogen-bond acceptors (Lipinski definition) is 9. The van der Waals surface area contributed by atoms with Crippen LogP contribution in [0.4, 0.5) is 38.0 Å². The van der Waals surface area contributed by atoms with Gasteiger partial charge in [0.05, 0.1) is 23.5 Å². The van der Waals surface area contributed by atoms with Gasteiger partial charge in [0.1, 0.15) is 18.4 Å². The lowest BCUT2D eigenvalue weighted by atomic mass is 10.2. The number of oxime groups is 1. The van der Waals surface area contributed by atoms with Crippen LogP contribution >= 0.6 is 0 Å². The third-order valence-corrected chi connectivity index (χ3v) is 4.94. The molecule has 1 aliphatic rings. The van der Waals surface area contributed by atoms with E-state index in [0.29, 0.717) is 12.4 Å². The molecule has 0 bridgehead atoms. The number of nitrogens with zero attached hydrogens (tertiary/aromatic N) is 6. The Balaban J connectivity index is 1.45. The van der Waals surface area contributed by atoms with E-state index in [2.05, 4.69) is 25.5 Å². The van der Waals surface area contributed by atoms with Crippen LogP contribution in [0.3, 0.4) is 0 Å². The van der Waals surface area contributed by atoms with Gasteiger partial charge in [-0.05, 0) is 6.92 Å². The minimum Gasteiger partial charge on any atom is -0.393 e. The molecule has 17 heteroatoms. The molecular formula is C19H20F6N8O3. The van der Waals surface area contributed by atoms with Gasteiger partial charge in [-0.3, -0.25) is 9.59 Å². The second kappa shape index (κ2) is 10.8. The summed E-state index contributed by atoms with van der Waals surface area (Å²) in [5.41, 5.74) is -4.31. The molecule has 1 amide bonds. The zero-order chi connectivity index (χ0) is 26.5. The predicted octanol–water partition coefficient (Wildman–Crippen LogP) is 1.75. The molecule has 2 N–H and O–H groups in total. The number of alkyl halides is 6. The number of aromatic nitrogens is 4. The maximum atomic E-state index is 13.1. The van der Waals surface area contributed by atoms with Crippen molar-refractivity contribution in [1.82, 2.24) is 25.1 Å². The molecule has 0 spiro atoms. The van der Waals surface area contributed by atoms with E-state index in [1.807, 2.05) is 0 Å². The molecule has 11 nitrogen and oxygen atoms in total. The number of amides is 1. The molecule has 3 rings (SSSR count). The zero-order valence-corrected chi connectivity index (χ0v) is 18.6. The van der Waals surface area contributed by atoms with Crippen molar-refractivity contribution in [2.75, 3.05) is 43.0 Å². The quantitative estimate of drug-likeness (QED) is 0.320.